The average molecular weight is 485 g/mol. The Morgan fingerprint density at radius 3 is 2.45 bits per heavy atom. The Balaban J connectivity index is 1.25. The second-order valence-electron chi connectivity index (χ2n) is 10.1. The van der Waals surface area contributed by atoms with E-state index in [1.54, 1.807) is 13.3 Å². The van der Waals surface area contributed by atoms with Gasteiger partial charge in [-0.1, -0.05) is 6.07 Å². The summed E-state index contributed by atoms with van der Waals surface area (Å²) in [4.78, 5) is 4.15. The zero-order chi connectivity index (χ0) is 21.4. The summed E-state index contributed by atoms with van der Waals surface area (Å²) < 4.78 is 12.6. The summed E-state index contributed by atoms with van der Waals surface area (Å²) in [6.45, 7) is 3.73. The number of rotatable bonds is 8. The van der Waals surface area contributed by atoms with E-state index in [9.17, 15) is 0 Å². The first-order valence-corrected chi connectivity index (χ1v) is 12.5. The van der Waals surface area contributed by atoms with Gasteiger partial charge in [0.05, 0.1) is 11.6 Å². The Morgan fingerprint density at radius 2 is 1.84 bits per heavy atom. The van der Waals surface area contributed by atoms with Crippen LogP contribution in [0.4, 0.5) is 0 Å². The third-order valence-electron chi connectivity index (χ3n) is 8.01. The van der Waals surface area contributed by atoms with Crippen LogP contribution in [0.5, 0.6) is 11.5 Å². The van der Waals surface area contributed by atoms with E-state index in [1.165, 1.54) is 44.1 Å². The highest BCUT2D eigenvalue weighted by Crippen LogP contribution is 2.61. The van der Waals surface area contributed by atoms with Crippen molar-refractivity contribution in [3.63, 3.8) is 0 Å². The van der Waals surface area contributed by atoms with E-state index in [1.807, 2.05) is 18.3 Å². The highest BCUT2D eigenvalue weighted by atomic mass is 79.9. The summed E-state index contributed by atoms with van der Waals surface area (Å²) in [6, 6.07) is 8.73. The van der Waals surface area contributed by atoms with Crippen LogP contribution >= 0.6 is 15.9 Å². The monoisotopic (exact) mass is 484 g/mol. The lowest BCUT2D eigenvalue weighted by Crippen LogP contribution is -2.54. The molecular weight excluding hydrogens is 452 g/mol. The van der Waals surface area contributed by atoms with Crippen molar-refractivity contribution in [3.05, 3.63) is 52.3 Å². The fourth-order valence-electron chi connectivity index (χ4n) is 6.85. The highest BCUT2D eigenvalue weighted by Gasteiger charge is 2.52. The van der Waals surface area contributed by atoms with E-state index in [4.69, 9.17) is 9.47 Å². The van der Waals surface area contributed by atoms with Crippen molar-refractivity contribution in [1.29, 1.82) is 0 Å². The Kier molecular flexibility index (Phi) is 6.00. The molecule has 1 atom stereocenters. The molecule has 0 aliphatic heterocycles. The summed E-state index contributed by atoms with van der Waals surface area (Å²) in [5, 5.41) is 3.89. The Morgan fingerprint density at radius 1 is 1.13 bits per heavy atom. The van der Waals surface area contributed by atoms with Crippen LogP contribution in [0.3, 0.4) is 0 Å². The van der Waals surface area contributed by atoms with Crippen LogP contribution in [0, 0.1) is 23.2 Å². The highest BCUT2D eigenvalue weighted by molar-refractivity contribution is 9.10. The summed E-state index contributed by atoms with van der Waals surface area (Å²) in [5.74, 6) is 4.46. The zero-order valence-corrected chi connectivity index (χ0v) is 20.2. The molecule has 6 rings (SSSR count). The lowest BCUT2D eigenvalue weighted by Gasteiger charge is -2.59. The van der Waals surface area contributed by atoms with Gasteiger partial charge >= 0.3 is 0 Å². The largest absolute Gasteiger partial charge is 0.493 e. The van der Waals surface area contributed by atoms with Gasteiger partial charge in [-0.2, -0.15) is 0 Å². The molecule has 166 valence electrons. The molecule has 1 heterocycles. The summed E-state index contributed by atoms with van der Waals surface area (Å²) in [5.41, 5.74) is 2.77. The van der Waals surface area contributed by atoms with Crippen LogP contribution < -0.4 is 14.8 Å². The third kappa shape index (κ3) is 4.36. The van der Waals surface area contributed by atoms with E-state index >= 15 is 0 Å². The quantitative estimate of drug-likeness (QED) is 0.489. The number of hydrogen-bond acceptors (Lipinski definition) is 4. The first-order chi connectivity index (χ1) is 15.0. The lowest BCUT2D eigenvalue weighted by atomic mass is 9.48. The third-order valence-corrected chi connectivity index (χ3v) is 8.60. The van der Waals surface area contributed by atoms with Crippen molar-refractivity contribution in [2.45, 2.75) is 64.6 Å². The van der Waals surface area contributed by atoms with Crippen LogP contribution in [0.2, 0.25) is 0 Å². The topological polar surface area (TPSA) is 43.4 Å². The molecule has 4 aliphatic carbocycles. The molecule has 4 nitrogen and oxygen atoms in total. The minimum atomic E-state index is 0.462. The molecule has 0 saturated heterocycles. The Bertz CT molecular complexity index is 882. The molecule has 31 heavy (non-hydrogen) atoms. The molecule has 5 heteroatoms. The normalized spacial score (nSPS) is 29.7. The molecule has 1 N–H and O–H groups in total. The standard InChI is InChI=1S/C26H33BrN2O2/c1-17(26-11-19-6-20(12-26)8-21(7-19)13-26)29-15-22-9-23(27)25(24(10-22)30-2)31-16-18-4-3-5-28-14-18/h3-5,9-10,14,17,19-21,29H,6-8,11-13,15-16H2,1-2H3. The van der Waals surface area contributed by atoms with Crippen LogP contribution in [-0.2, 0) is 13.2 Å². The maximum absolute atomic E-state index is 6.06. The number of pyridine rings is 1. The molecule has 1 unspecified atom stereocenters. The van der Waals surface area contributed by atoms with Gasteiger partial charge in [0, 0.05) is 30.5 Å². The molecule has 4 fully saturated rings. The number of benzene rings is 1. The van der Waals surface area contributed by atoms with Crippen molar-refractivity contribution < 1.29 is 9.47 Å². The molecule has 4 aliphatic rings. The molecule has 1 aromatic heterocycles. The van der Waals surface area contributed by atoms with E-state index in [-0.39, 0.29) is 0 Å². The molecule has 2 aromatic rings. The maximum Gasteiger partial charge on any atom is 0.175 e. The van der Waals surface area contributed by atoms with Crippen LogP contribution in [0.15, 0.2) is 41.1 Å². The summed E-state index contributed by atoms with van der Waals surface area (Å²) >= 11 is 3.70. The molecule has 4 bridgehead atoms. The molecule has 1 aromatic carbocycles. The van der Waals surface area contributed by atoms with Gasteiger partial charge in [0.2, 0.25) is 0 Å². The van der Waals surface area contributed by atoms with Crippen LogP contribution in [0.25, 0.3) is 0 Å². The van der Waals surface area contributed by atoms with Gasteiger partial charge in [0.15, 0.2) is 11.5 Å². The van der Waals surface area contributed by atoms with Crippen molar-refractivity contribution in [2.75, 3.05) is 7.11 Å². The lowest BCUT2D eigenvalue weighted by molar-refractivity contribution is -0.0706. The van der Waals surface area contributed by atoms with Crippen molar-refractivity contribution >= 4 is 15.9 Å². The predicted molar refractivity (Wildman–Crippen MR) is 126 cm³/mol. The van der Waals surface area contributed by atoms with Crippen molar-refractivity contribution in [3.8, 4) is 11.5 Å². The van der Waals surface area contributed by atoms with Gasteiger partial charge in [-0.05, 0) is 108 Å². The number of nitrogens with zero attached hydrogens (tertiary/aromatic N) is 1. The zero-order valence-electron chi connectivity index (χ0n) is 18.6. The first-order valence-electron chi connectivity index (χ1n) is 11.7. The molecular formula is C26H33BrN2O2. The van der Waals surface area contributed by atoms with Gasteiger partial charge in [-0.15, -0.1) is 0 Å². The minimum absolute atomic E-state index is 0.462. The number of nitrogens with one attached hydrogen (secondary N) is 1. The van der Waals surface area contributed by atoms with Gasteiger partial charge in [0.1, 0.15) is 6.61 Å². The fraction of sp³-hybridized carbons (Fsp3) is 0.577. The number of methoxy groups -OCH3 is 1. The Hall–Kier alpha value is -1.59. The van der Waals surface area contributed by atoms with Gasteiger partial charge in [-0.25, -0.2) is 0 Å². The average Bonchev–Trinajstić information content (AvgIpc) is 2.76. The van der Waals surface area contributed by atoms with Crippen molar-refractivity contribution in [2.24, 2.45) is 23.2 Å². The van der Waals surface area contributed by atoms with E-state index < -0.39 is 0 Å². The second kappa shape index (κ2) is 8.74. The fourth-order valence-corrected chi connectivity index (χ4v) is 7.45. The van der Waals surface area contributed by atoms with Crippen LogP contribution in [-0.4, -0.2) is 18.1 Å². The summed E-state index contributed by atoms with van der Waals surface area (Å²) in [7, 11) is 1.70. The Labute approximate surface area is 194 Å². The van der Waals surface area contributed by atoms with E-state index in [2.05, 4.69) is 45.3 Å². The first kappa shape index (κ1) is 21.3. The predicted octanol–water partition coefficient (Wildman–Crippen LogP) is 6.13. The second-order valence-corrected chi connectivity index (χ2v) is 11.0. The van der Waals surface area contributed by atoms with Gasteiger partial charge in [-0.3, -0.25) is 4.98 Å². The van der Waals surface area contributed by atoms with Crippen molar-refractivity contribution in [1.82, 2.24) is 10.3 Å². The minimum Gasteiger partial charge on any atom is -0.493 e. The molecule has 0 spiro atoms. The molecule has 4 saturated carbocycles. The van der Waals surface area contributed by atoms with E-state index in [0.29, 0.717) is 18.1 Å². The number of halogens is 1. The number of aromatic nitrogens is 1. The SMILES string of the molecule is COc1cc(CNC(C)C23CC4CC(CC(C4)C2)C3)cc(Br)c1OCc1cccnc1. The number of hydrogen-bond donors (Lipinski definition) is 1. The van der Waals surface area contributed by atoms with Gasteiger partial charge in [0.25, 0.3) is 0 Å². The maximum atomic E-state index is 6.06. The number of ether oxygens (including phenoxy) is 2. The smallest absolute Gasteiger partial charge is 0.175 e. The van der Waals surface area contributed by atoms with E-state index in [0.717, 1.165) is 45.8 Å². The van der Waals surface area contributed by atoms with Crippen LogP contribution in [0.1, 0.15) is 56.6 Å². The van der Waals surface area contributed by atoms with Gasteiger partial charge < -0.3 is 14.8 Å². The molecule has 0 amide bonds. The molecule has 0 radical (unpaired) electrons. The summed E-state index contributed by atoms with van der Waals surface area (Å²) in [6.07, 6.45) is 12.4.